The van der Waals surface area contributed by atoms with E-state index in [0.717, 1.165) is 33.4 Å². The minimum Gasteiger partial charge on any atom is -0.496 e. The number of aromatic nitrogens is 1. The number of hydrogen-bond acceptors (Lipinski definition) is 3. The van der Waals surface area contributed by atoms with Gasteiger partial charge < -0.3 is 9.30 Å². The average Bonchev–Trinajstić information content (AvgIpc) is 3.07. The number of hydrazone groups is 1. The summed E-state index contributed by atoms with van der Waals surface area (Å²) in [5.74, 6) is 0.205. The fraction of sp³-hybridized carbons (Fsp3) is 0.185. The molecule has 5 nitrogen and oxygen atoms in total. The Morgan fingerprint density at radius 3 is 2.41 bits per heavy atom. The topological polar surface area (TPSA) is 55.6 Å². The largest absolute Gasteiger partial charge is 0.496 e. The summed E-state index contributed by atoms with van der Waals surface area (Å²) in [5, 5.41) is 6.22. The number of ether oxygens (including phenoxy) is 1. The summed E-state index contributed by atoms with van der Waals surface area (Å²) in [7, 11) is 1.56. The number of carbonyl (C=O) groups excluding carboxylic acids is 1. The smallest absolute Gasteiger partial charge is 0.275 e. The molecule has 1 N–H and O–H groups in total. The van der Waals surface area contributed by atoms with Gasteiger partial charge in [-0.05, 0) is 73.9 Å². The number of fused-ring (bicyclic) bond motifs is 1. The summed E-state index contributed by atoms with van der Waals surface area (Å²) in [6.07, 6.45) is 1.69. The van der Waals surface area contributed by atoms with Crippen LogP contribution < -0.4 is 10.2 Å². The van der Waals surface area contributed by atoms with Crippen LogP contribution in [0.2, 0.25) is 0 Å². The maximum Gasteiger partial charge on any atom is 0.275 e. The van der Waals surface area contributed by atoms with E-state index in [1.165, 1.54) is 11.1 Å². The maximum absolute atomic E-state index is 12.8. The fourth-order valence-corrected chi connectivity index (χ4v) is 4.05. The number of amides is 1. The minimum atomic E-state index is -0.313. The van der Waals surface area contributed by atoms with Gasteiger partial charge in [0.2, 0.25) is 0 Å². The van der Waals surface area contributed by atoms with Crippen LogP contribution in [0, 0.1) is 27.7 Å². The quantitative estimate of drug-likeness (QED) is 0.332. The summed E-state index contributed by atoms with van der Waals surface area (Å²) < 4.78 is 7.65. The molecule has 0 radical (unpaired) electrons. The molecule has 32 heavy (non-hydrogen) atoms. The molecule has 0 spiro atoms. The van der Waals surface area contributed by atoms with Crippen LogP contribution in [0.25, 0.3) is 16.5 Å². The normalized spacial score (nSPS) is 11.3. The third-order valence-corrected chi connectivity index (χ3v) is 5.97. The molecule has 5 heteroatoms. The lowest BCUT2D eigenvalue weighted by molar-refractivity contribution is 0.0952. The molecule has 1 aromatic heterocycles. The van der Waals surface area contributed by atoms with E-state index in [0.29, 0.717) is 11.3 Å². The monoisotopic (exact) mass is 425 g/mol. The lowest BCUT2D eigenvalue weighted by atomic mass is 10.1. The molecule has 162 valence electrons. The van der Waals surface area contributed by atoms with Gasteiger partial charge in [-0.25, -0.2) is 5.43 Å². The molecule has 0 aliphatic rings. The first-order valence-corrected chi connectivity index (χ1v) is 10.6. The molecule has 0 atom stereocenters. The number of nitrogens with one attached hydrogen (secondary N) is 1. The van der Waals surface area contributed by atoms with Crippen molar-refractivity contribution in [1.82, 2.24) is 9.99 Å². The summed E-state index contributed by atoms with van der Waals surface area (Å²) in [6.45, 7) is 8.38. The summed E-state index contributed by atoms with van der Waals surface area (Å²) in [5.41, 5.74) is 9.88. The van der Waals surface area contributed by atoms with E-state index < -0.39 is 0 Å². The summed E-state index contributed by atoms with van der Waals surface area (Å²) in [6, 6.07) is 19.9. The van der Waals surface area contributed by atoms with E-state index in [-0.39, 0.29) is 5.91 Å². The van der Waals surface area contributed by atoms with Gasteiger partial charge in [0.15, 0.2) is 0 Å². The van der Waals surface area contributed by atoms with Gasteiger partial charge >= 0.3 is 0 Å². The first-order valence-electron chi connectivity index (χ1n) is 10.6. The van der Waals surface area contributed by atoms with Crippen LogP contribution >= 0.6 is 0 Å². The van der Waals surface area contributed by atoms with Crippen molar-refractivity contribution in [3.05, 3.63) is 94.3 Å². The van der Waals surface area contributed by atoms with Gasteiger partial charge in [0.1, 0.15) is 5.75 Å². The Kier molecular flexibility index (Phi) is 5.82. The Morgan fingerprint density at radius 2 is 1.69 bits per heavy atom. The summed E-state index contributed by atoms with van der Waals surface area (Å²) >= 11 is 0. The average molecular weight is 426 g/mol. The van der Waals surface area contributed by atoms with E-state index in [1.54, 1.807) is 13.3 Å². The molecule has 0 aliphatic heterocycles. The molecule has 1 heterocycles. The zero-order valence-corrected chi connectivity index (χ0v) is 19.1. The highest BCUT2D eigenvalue weighted by atomic mass is 16.5. The number of methoxy groups -OCH3 is 1. The lowest BCUT2D eigenvalue weighted by Crippen LogP contribution is -2.18. The Labute approximate surface area is 188 Å². The first-order chi connectivity index (χ1) is 15.4. The molecule has 0 bridgehead atoms. The number of rotatable bonds is 5. The van der Waals surface area contributed by atoms with Crippen molar-refractivity contribution < 1.29 is 9.53 Å². The third kappa shape index (κ3) is 3.89. The van der Waals surface area contributed by atoms with Gasteiger partial charge in [0.25, 0.3) is 5.91 Å². The molecule has 0 saturated heterocycles. The molecule has 0 unspecified atom stereocenters. The van der Waals surface area contributed by atoms with Crippen LogP contribution in [0.5, 0.6) is 5.75 Å². The standard InChI is InChI=1S/C27H27N3O2/c1-17-9-8-12-25(19(17)3)30-18(2)13-23(20(30)4)16-28-29-27(31)24-14-21-10-6-7-11-22(21)15-26(24)32-5/h6-16H,1-5H3,(H,29,31)/b28-16-. The molecule has 1 amide bonds. The Morgan fingerprint density at radius 1 is 0.969 bits per heavy atom. The second kappa shape index (κ2) is 8.71. The van der Waals surface area contributed by atoms with Gasteiger partial charge in [-0.2, -0.15) is 5.10 Å². The zero-order chi connectivity index (χ0) is 22.8. The Balaban J connectivity index is 1.59. The molecular weight excluding hydrogens is 398 g/mol. The molecule has 4 aromatic rings. The Bertz CT molecular complexity index is 1350. The first kappa shape index (κ1) is 21.4. The number of benzene rings is 3. The van der Waals surface area contributed by atoms with E-state index in [1.807, 2.05) is 36.4 Å². The van der Waals surface area contributed by atoms with Crippen molar-refractivity contribution in [2.45, 2.75) is 27.7 Å². The summed E-state index contributed by atoms with van der Waals surface area (Å²) in [4.78, 5) is 12.8. The van der Waals surface area contributed by atoms with E-state index in [2.05, 4.69) is 67.1 Å². The van der Waals surface area contributed by atoms with Gasteiger partial charge in [-0.3, -0.25) is 4.79 Å². The number of hydrogen-bond donors (Lipinski definition) is 1. The second-order valence-corrected chi connectivity index (χ2v) is 7.98. The molecule has 4 rings (SSSR count). The minimum absolute atomic E-state index is 0.313. The van der Waals surface area contributed by atoms with Crippen LogP contribution in [0.15, 0.2) is 65.8 Å². The van der Waals surface area contributed by atoms with E-state index in [4.69, 9.17) is 4.74 Å². The number of carbonyl (C=O) groups is 1. The van der Waals surface area contributed by atoms with Gasteiger partial charge in [0.05, 0.1) is 18.9 Å². The van der Waals surface area contributed by atoms with Crippen molar-refractivity contribution in [2.75, 3.05) is 7.11 Å². The van der Waals surface area contributed by atoms with Crippen LogP contribution in [0.3, 0.4) is 0 Å². The van der Waals surface area contributed by atoms with Crippen molar-refractivity contribution >= 4 is 22.9 Å². The van der Waals surface area contributed by atoms with Crippen LogP contribution in [0.4, 0.5) is 0 Å². The van der Waals surface area contributed by atoms with Crippen LogP contribution in [0.1, 0.15) is 38.4 Å². The molecule has 0 aliphatic carbocycles. The van der Waals surface area contributed by atoms with Crippen molar-refractivity contribution in [1.29, 1.82) is 0 Å². The van der Waals surface area contributed by atoms with Gasteiger partial charge in [-0.1, -0.05) is 36.4 Å². The zero-order valence-electron chi connectivity index (χ0n) is 19.1. The van der Waals surface area contributed by atoms with E-state index >= 15 is 0 Å². The molecule has 0 fully saturated rings. The lowest BCUT2D eigenvalue weighted by Gasteiger charge is -2.14. The van der Waals surface area contributed by atoms with Crippen molar-refractivity contribution in [2.24, 2.45) is 5.10 Å². The fourth-order valence-electron chi connectivity index (χ4n) is 4.05. The number of nitrogens with zero attached hydrogens (tertiary/aromatic N) is 2. The Hall–Kier alpha value is -3.86. The SMILES string of the molecule is COc1cc2ccccc2cc1C(=O)N/N=C\c1cc(C)n(-c2cccc(C)c2C)c1C. The van der Waals surface area contributed by atoms with E-state index in [9.17, 15) is 4.79 Å². The maximum atomic E-state index is 12.8. The molecular formula is C27H27N3O2. The highest BCUT2D eigenvalue weighted by Crippen LogP contribution is 2.26. The van der Waals surface area contributed by atoms with Crippen LogP contribution in [-0.4, -0.2) is 23.8 Å². The van der Waals surface area contributed by atoms with Crippen molar-refractivity contribution in [3.63, 3.8) is 0 Å². The highest BCUT2D eigenvalue weighted by molar-refractivity contribution is 6.02. The second-order valence-electron chi connectivity index (χ2n) is 7.98. The third-order valence-electron chi connectivity index (χ3n) is 5.97. The van der Waals surface area contributed by atoms with Gasteiger partial charge in [-0.15, -0.1) is 0 Å². The highest BCUT2D eigenvalue weighted by Gasteiger charge is 2.14. The molecule has 0 saturated carbocycles. The van der Waals surface area contributed by atoms with Crippen LogP contribution in [-0.2, 0) is 0 Å². The van der Waals surface area contributed by atoms with Crippen molar-refractivity contribution in [3.8, 4) is 11.4 Å². The number of aryl methyl sites for hydroxylation is 2. The molecule has 3 aromatic carbocycles. The predicted molar refractivity (Wildman–Crippen MR) is 130 cm³/mol. The predicted octanol–water partition coefficient (Wildman–Crippen LogP) is 5.64. The van der Waals surface area contributed by atoms with Gasteiger partial charge in [0, 0.05) is 22.6 Å².